The number of anilines is 3. The normalized spacial score (nSPS) is 11.7. The number of ether oxygens (including phenoxy) is 1. The number of rotatable bonds is 11. The molecule has 0 bridgehead atoms. The highest BCUT2D eigenvalue weighted by molar-refractivity contribution is 6.30. The van der Waals surface area contributed by atoms with Gasteiger partial charge in [0.1, 0.15) is 10.9 Å². The molecule has 0 aliphatic carbocycles. The van der Waals surface area contributed by atoms with E-state index in [-0.39, 0.29) is 24.4 Å². The minimum Gasteiger partial charge on any atom is -0.428 e. The van der Waals surface area contributed by atoms with Crippen molar-refractivity contribution in [2.45, 2.75) is 25.6 Å². The van der Waals surface area contributed by atoms with E-state index in [1.807, 2.05) is 0 Å². The molecule has 2 aromatic heterocycles. The van der Waals surface area contributed by atoms with Crippen molar-refractivity contribution < 1.29 is 22.3 Å². The first-order valence-corrected chi connectivity index (χ1v) is 11.9. The first kappa shape index (κ1) is 27.9. The van der Waals surface area contributed by atoms with Crippen LogP contribution in [0.1, 0.15) is 11.1 Å². The van der Waals surface area contributed by atoms with Crippen LogP contribution in [0.4, 0.5) is 41.1 Å². The second kappa shape index (κ2) is 12.6. The van der Waals surface area contributed by atoms with E-state index < -0.39 is 18.3 Å². The average Bonchev–Trinajstić information content (AvgIpc) is 2.90. The lowest BCUT2D eigenvalue weighted by Crippen LogP contribution is -2.33. The molecule has 202 valence electrons. The summed E-state index contributed by atoms with van der Waals surface area (Å²) >= 11 is 11.7. The molecule has 0 saturated carbocycles. The highest BCUT2D eigenvalue weighted by Gasteiger charge is 2.43. The molecular weight excluding hydrogens is 563 g/mol. The predicted molar refractivity (Wildman–Crippen MR) is 137 cm³/mol. The highest BCUT2D eigenvalue weighted by Crippen LogP contribution is 2.29. The van der Waals surface area contributed by atoms with Gasteiger partial charge in [-0.3, -0.25) is 0 Å². The van der Waals surface area contributed by atoms with Gasteiger partial charge in [0.2, 0.25) is 11.9 Å². The Labute approximate surface area is 229 Å². The maximum atomic E-state index is 13.2. The highest BCUT2D eigenvalue weighted by atomic mass is 35.5. The van der Waals surface area contributed by atoms with Gasteiger partial charge >= 0.3 is 12.5 Å². The third kappa shape index (κ3) is 8.45. The summed E-state index contributed by atoms with van der Waals surface area (Å²) in [4.78, 5) is 16.8. The van der Waals surface area contributed by atoms with Crippen LogP contribution in [-0.2, 0) is 13.1 Å². The number of pyridine rings is 1. The quantitative estimate of drug-likeness (QED) is 0.108. The smallest absolute Gasteiger partial charge is 0.428 e. The van der Waals surface area contributed by atoms with Crippen molar-refractivity contribution in [3.05, 3.63) is 88.2 Å². The van der Waals surface area contributed by atoms with Crippen LogP contribution in [0.25, 0.3) is 0 Å². The Kier molecular flexibility index (Phi) is 9.04. The molecule has 2 N–H and O–H groups in total. The summed E-state index contributed by atoms with van der Waals surface area (Å²) in [5, 5.41) is 15.0. The molecule has 4 aromatic rings. The molecule has 0 atom stereocenters. The Bertz CT molecular complexity index is 1410. The molecule has 0 saturated heterocycles. The van der Waals surface area contributed by atoms with E-state index in [0.717, 1.165) is 23.3 Å². The van der Waals surface area contributed by atoms with Crippen molar-refractivity contribution >= 4 is 46.7 Å². The van der Waals surface area contributed by atoms with Gasteiger partial charge in [0, 0.05) is 23.5 Å². The van der Waals surface area contributed by atoms with Crippen LogP contribution < -0.4 is 15.4 Å². The van der Waals surface area contributed by atoms with Crippen molar-refractivity contribution in [3.63, 3.8) is 0 Å². The average molecular weight is 581 g/mol. The molecule has 4 rings (SSSR count). The Hall–Kier alpha value is -4.10. The first-order valence-electron chi connectivity index (χ1n) is 11.1. The fourth-order valence-corrected chi connectivity index (χ4v) is 3.18. The van der Waals surface area contributed by atoms with E-state index in [2.05, 4.69) is 45.5 Å². The zero-order valence-electron chi connectivity index (χ0n) is 19.7. The molecule has 0 aliphatic heterocycles. The number of nitrogens with zero attached hydrogens (tertiary/aromatic N) is 6. The number of hydrogen-bond acceptors (Lipinski definition) is 9. The fourth-order valence-electron chi connectivity index (χ4n) is 2.94. The van der Waals surface area contributed by atoms with Gasteiger partial charge in [-0.25, -0.2) is 4.98 Å². The maximum absolute atomic E-state index is 13.2. The van der Waals surface area contributed by atoms with E-state index in [0.29, 0.717) is 22.4 Å². The van der Waals surface area contributed by atoms with Crippen molar-refractivity contribution in [2.75, 3.05) is 10.6 Å². The Balaban J connectivity index is 1.51. The van der Waals surface area contributed by atoms with Crippen LogP contribution in [-0.4, -0.2) is 32.5 Å². The molecule has 15 heteroatoms. The summed E-state index contributed by atoms with van der Waals surface area (Å²) in [6.45, 7) is 0.550. The second-order valence-electron chi connectivity index (χ2n) is 7.77. The van der Waals surface area contributed by atoms with E-state index in [1.165, 1.54) is 12.1 Å². The molecule has 0 radical (unpaired) electrons. The molecule has 39 heavy (non-hydrogen) atoms. The Morgan fingerprint density at radius 1 is 0.872 bits per heavy atom. The van der Waals surface area contributed by atoms with Gasteiger partial charge in [0.15, 0.2) is 0 Å². The van der Waals surface area contributed by atoms with Gasteiger partial charge < -0.3 is 15.4 Å². The van der Waals surface area contributed by atoms with Crippen molar-refractivity contribution in [1.82, 2.24) is 19.9 Å². The zero-order valence-corrected chi connectivity index (χ0v) is 21.2. The van der Waals surface area contributed by atoms with Gasteiger partial charge in [-0.1, -0.05) is 41.4 Å². The molecule has 0 aliphatic rings. The minimum absolute atomic E-state index is 0.0188. The van der Waals surface area contributed by atoms with Crippen LogP contribution >= 0.6 is 23.2 Å². The standard InChI is InChI=1S/C24H18Cl2F4N8O/c25-16-4-1-14(2-5-16)13-33-38-23-36-21(32-12-15-3-10-19(26)31-11-15)35-22(37-23)34-17-6-8-18(9-7-17)39-24(29,30)20(27)28/h1-11,20H,12-13H2,(H2,32,34,35,36,37). The third-order valence-electron chi connectivity index (χ3n) is 4.81. The maximum Gasteiger partial charge on any atom is 0.461 e. The van der Waals surface area contributed by atoms with Gasteiger partial charge in [-0.05, 0) is 53.6 Å². The molecular formula is C24H18Cl2F4N8O. The minimum atomic E-state index is -4.62. The molecule has 0 fully saturated rings. The van der Waals surface area contributed by atoms with Crippen LogP contribution in [0, 0.1) is 0 Å². The molecule has 2 aromatic carbocycles. The summed E-state index contributed by atoms with van der Waals surface area (Å²) in [5.74, 6) is -0.264. The van der Waals surface area contributed by atoms with E-state index in [4.69, 9.17) is 23.2 Å². The number of aromatic nitrogens is 4. The van der Waals surface area contributed by atoms with Gasteiger partial charge in [-0.2, -0.15) is 37.6 Å². The van der Waals surface area contributed by atoms with E-state index in [1.54, 1.807) is 42.6 Å². The molecule has 0 amide bonds. The van der Waals surface area contributed by atoms with Crippen LogP contribution in [0.15, 0.2) is 77.1 Å². The number of hydrogen-bond donors (Lipinski definition) is 2. The lowest BCUT2D eigenvalue weighted by molar-refractivity contribution is -0.253. The van der Waals surface area contributed by atoms with Crippen molar-refractivity contribution in [1.29, 1.82) is 0 Å². The molecule has 0 unspecified atom stereocenters. The zero-order chi connectivity index (χ0) is 27.8. The molecule has 9 nitrogen and oxygen atoms in total. The number of nitrogens with one attached hydrogen (secondary N) is 2. The SMILES string of the molecule is FC(F)C(F)(F)Oc1ccc(Nc2nc(N=NCc3ccc(Cl)cc3)nc(NCc3ccc(Cl)nc3)n2)cc1. The van der Waals surface area contributed by atoms with Crippen molar-refractivity contribution in [3.8, 4) is 5.75 Å². The van der Waals surface area contributed by atoms with Crippen LogP contribution in [0.2, 0.25) is 10.2 Å². The van der Waals surface area contributed by atoms with E-state index in [9.17, 15) is 17.6 Å². The number of azo groups is 1. The third-order valence-corrected chi connectivity index (χ3v) is 5.28. The van der Waals surface area contributed by atoms with Gasteiger partial charge in [-0.15, -0.1) is 5.11 Å². The number of alkyl halides is 4. The first-order chi connectivity index (χ1) is 18.7. The van der Waals surface area contributed by atoms with E-state index >= 15 is 0 Å². The summed E-state index contributed by atoms with van der Waals surface area (Å²) in [6, 6.07) is 15.3. The van der Waals surface area contributed by atoms with Gasteiger partial charge in [0.05, 0.1) is 6.54 Å². The lowest BCUT2D eigenvalue weighted by atomic mass is 10.2. The van der Waals surface area contributed by atoms with Crippen LogP contribution in [0.5, 0.6) is 5.75 Å². The number of halogens is 6. The molecule has 0 spiro atoms. The van der Waals surface area contributed by atoms with Crippen molar-refractivity contribution in [2.24, 2.45) is 10.2 Å². The summed E-state index contributed by atoms with van der Waals surface area (Å²) < 4.78 is 55.1. The monoisotopic (exact) mass is 580 g/mol. The van der Waals surface area contributed by atoms with Gasteiger partial charge in [0.25, 0.3) is 5.95 Å². The lowest BCUT2D eigenvalue weighted by Gasteiger charge is -2.17. The second-order valence-corrected chi connectivity index (χ2v) is 8.59. The number of benzene rings is 2. The fraction of sp³-hybridized carbons (Fsp3) is 0.167. The summed E-state index contributed by atoms with van der Waals surface area (Å²) in [7, 11) is 0. The predicted octanol–water partition coefficient (Wildman–Crippen LogP) is 7.45. The summed E-state index contributed by atoms with van der Waals surface area (Å²) in [6.07, 6.45) is -7.00. The summed E-state index contributed by atoms with van der Waals surface area (Å²) in [5.41, 5.74) is 2.02. The Morgan fingerprint density at radius 3 is 2.23 bits per heavy atom. The van der Waals surface area contributed by atoms with Crippen LogP contribution in [0.3, 0.4) is 0 Å². The topological polar surface area (TPSA) is 110 Å². The Morgan fingerprint density at radius 2 is 1.56 bits per heavy atom. The largest absolute Gasteiger partial charge is 0.461 e. The molecule has 2 heterocycles.